The SMILES string of the molecule is C/C=C/CCNC1CCc2cc(O)ccc21. The summed E-state index contributed by atoms with van der Waals surface area (Å²) in [6.07, 6.45) is 7.57. The van der Waals surface area contributed by atoms with Gasteiger partial charge in [-0.2, -0.15) is 0 Å². The third-order valence-electron chi connectivity index (χ3n) is 3.14. The molecule has 2 heteroatoms. The van der Waals surface area contributed by atoms with E-state index in [0.29, 0.717) is 11.8 Å². The van der Waals surface area contributed by atoms with Crippen molar-refractivity contribution in [2.45, 2.75) is 32.2 Å². The molecule has 0 saturated heterocycles. The van der Waals surface area contributed by atoms with Crippen LogP contribution in [0.4, 0.5) is 0 Å². The fourth-order valence-corrected chi connectivity index (χ4v) is 2.32. The molecular weight excluding hydrogens is 198 g/mol. The van der Waals surface area contributed by atoms with Gasteiger partial charge in [0.15, 0.2) is 0 Å². The van der Waals surface area contributed by atoms with Gasteiger partial charge in [0.1, 0.15) is 5.75 Å². The summed E-state index contributed by atoms with van der Waals surface area (Å²) in [5.41, 5.74) is 2.65. The lowest BCUT2D eigenvalue weighted by Gasteiger charge is -2.13. The molecule has 16 heavy (non-hydrogen) atoms. The average Bonchev–Trinajstić information content (AvgIpc) is 2.67. The minimum absolute atomic E-state index is 0.383. The lowest BCUT2D eigenvalue weighted by Crippen LogP contribution is -2.19. The normalized spacial score (nSPS) is 19.2. The molecule has 0 aromatic heterocycles. The molecule has 2 rings (SSSR count). The Bertz CT molecular complexity index is 384. The Morgan fingerprint density at radius 2 is 2.38 bits per heavy atom. The molecule has 2 N–H and O–H groups in total. The number of aromatic hydroxyl groups is 1. The van der Waals surface area contributed by atoms with Crippen LogP contribution in [0.1, 0.15) is 36.9 Å². The molecule has 1 aromatic carbocycles. The fourth-order valence-electron chi connectivity index (χ4n) is 2.32. The fraction of sp³-hybridized carbons (Fsp3) is 0.429. The Balaban J connectivity index is 1.95. The first-order valence-corrected chi connectivity index (χ1v) is 5.97. The summed E-state index contributed by atoms with van der Waals surface area (Å²) in [5, 5.41) is 13.0. The van der Waals surface area contributed by atoms with Gasteiger partial charge in [-0.3, -0.25) is 0 Å². The summed E-state index contributed by atoms with van der Waals surface area (Å²) < 4.78 is 0. The van der Waals surface area contributed by atoms with E-state index in [1.54, 1.807) is 6.07 Å². The Hall–Kier alpha value is -1.28. The average molecular weight is 217 g/mol. The van der Waals surface area contributed by atoms with E-state index in [1.165, 1.54) is 11.1 Å². The van der Waals surface area contributed by atoms with Crippen molar-refractivity contribution < 1.29 is 5.11 Å². The van der Waals surface area contributed by atoms with Gasteiger partial charge >= 0.3 is 0 Å². The van der Waals surface area contributed by atoms with E-state index >= 15 is 0 Å². The van der Waals surface area contributed by atoms with Crippen LogP contribution in [0.5, 0.6) is 5.75 Å². The predicted octanol–water partition coefficient (Wildman–Crippen LogP) is 2.94. The van der Waals surface area contributed by atoms with Gasteiger partial charge in [0.05, 0.1) is 0 Å². The van der Waals surface area contributed by atoms with E-state index in [-0.39, 0.29) is 0 Å². The molecule has 0 saturated carbocycles. The van der Waals surface area contributed by atoms with Crippen molar-refractivity contribution in [3.63, 3.8) is 0 Å². The van der Waals surface area contributed by atoms with Crippen molar-refractivity contribution >= 4 is 0 Å². The number of hydrogen-bond donors (Lipinski definition) is 2. The van der Waals surface area contributed by atoms with Crippen LogP contribution >= 0.6 is 0 Å². The van der Waals surface area contributed by atoms with Crippen LogP contribution in [-0.2, 0) is 6.42 Å². The van der Waals surface area contributed by atoms with Crippen molar-refractivity contribution in [1.82, 2.24) is 5.32 Å². The Morgan fingerprint density at radius 3 is 3.19 bits per heavy atom. The van der Waals surface area contributed by atoms with Crippen LogP contribution in [0.15, 0.2) is 30.4 Å². The van der Waals surface area contributed by atoms with Gasteiger partial charge in [-0.05, 0) is 56.0 Å². The number of allylic oxidation sites excluding steroid dienone is 1. The maximum atomic E-state index is 9.40. The van der Waals surface area contributed by atoms with E-state index < -0.39 is 0 Å². The van der Waals surface area contributed by atoms with Gasteiger partial charge in [0.2, 0.25) is 0 Å². The lowest BCUT2D eigenvalue weighted by atomic mass is 10.1. The zero-order valence-electron chi connectivity index (χ0n) is 9.74. The van der Waals surface area contributed by atoms with Gasteiger partial charge in [0, 0.05) is 6.04 Å². The molecule has 1 aliphatic carbocycles. The quantitative estimate of drug-likeness (QED) is 0.600. The number of fused-ring (bicyclic) bond motifs is 1. The lowest BCUT2D eigenvalue weighted by molar-refractivity contribution is 0.474. The zero-order chi connectivity index (χ0) is 11.4. The first-order valence-electron chi connectivity index (χ1n) is 5.97. The van der Waals surface area contributed by atoms with Crippen LogP contribution in [0.2, 0.25) is 0 Å². The summed E-state index contributed by atoms with van der Waals surface area (Å²) in [6.45, 7) is 3.07. The Kier molecular flexibility index (Phi) is 3.62. The molecule has 86 valence electrons. The maximum Gasteiger partial charge on any atom is 0.115 e. The molecule has 0 radical (unpaired) electrons. The number of nitrogens with one attached hydrogen (secondary N) is 1. The predicted molar refractivity (Wildman–Crippen MR) is 66.6 cm³/mol. The molecule has 0 aliphatic heterocycles. The molecule has 0 spiro atoms. The highest BCUT2D eigenvalue weighted by Crippen LogP contribution is 2.32. The van der Waals surface area contributed by atoms with Crippen LogP contribution in [-0.4, -0.2) is 11.7 Å². The van der Waals surface area contributed by atoms with Crippen molar-refractivity contribution in [3.05, 3.63) is 41.5 Å². The highest BCUT2D eigenvalue weighted by molar-refractivity contribution is 5.39. The van der Waals surface area contributed by atoms with Crippen molar-refractivity contribution in [3.8, 4) is 5.75 Å². The highest BCUT2D eigenvalue weighted by atomic mass is 16.3. The van der Waals surface area contributed by atoms with Crippen LogP contribution < -0.4 is 5.32 Å². The Morgan fingerprint density at radius 1 is 1.50 bits per heavy atom. The van der Waals surface area contributed by atoms with Crippen molar-refractivity contribution in [2.75, 3.05) is 6.54 Å². The zero-order valence-corrected chi connectivity index (χ0v) is 9.74. The largest absolute Gasteiger partial charge is 0.508 e. The van der Waals surface area contributed by atoms with E-state index in [9.17, 15) is 5.11 Å². The molecular formula is C14H19NO. The molecule has 1 atom stereocenters. The monoisotopic (exact) mass is 217 g/mol. The summed E-state index contributed by atoms with van der Waals surface area (Å²) in [5.74, 6) is 0.383. The second kappa shape index (κ2) is 5.17. The minimum atomic E-state index is 0.383. The molecule has 0 fully saturated rings. The van der Waals surface area contributed by atoms with Gasteiger partial charge < -0.3 is 10.4 Å². The number of aryl methyl sites for hydroxylation is 1. The Labute approximate surface area is 97.0 Å². The smallest absolute Gasteiger partial charge is 0.115 e. The van der Waals surface area contributed by atoms with Crippen LogP contribution in [0.3, 0.4) is 0 Å². The number of rotatable bonds is 4. The van der Waals surface area contributed by atoms with Gasteiger partial charge in [-0.15, -0.1) is 0 Å². The first-order chi connectivity index (χ1) is 7.81. The van der Waals surface area contributed by atoms with E-state index in [0.717, 1.165) is 25.8 Å². The number of phenolic OH excluding ortho intramolecular Hbond substituents is 1. The highest BCUT2D eigenvalue weighted by Gasteiger charge is 2.21. The number of phenols is 1. The molecule has 1 aliphatic rings. The third kappa shape index (κ3) is 2.45. The third-order valence-corrected chi connectivity index (χ3v) is 3.14. The molecule has 1 unspecified atom stereocenters. The summed E-state index contributed by atoms with van der Waals surface area (Å²) in [7, 11) is 0. The number of benzene rings is 1. The van der Waals surface area contributed by atoms with Crippen LogP contribution in [0.25, 0.3) is 0 Å². The molecule has 0 amide bonds. The number of hydrogen-bond acceptors (Lipinski definition) is 2. The molecule has 1 aromatic rings. The summed E-state index contributed by atoms with van der Waals surface area (Å²) in [4.78, 5) is 0. The topological polar surface area (TPSA) is 32.3 Å². The van der Waals surface area contributed by atoms with Gasteiger partial charge in [-0.25, -0.2) is 0 Å². The van der Waals surface area contributed by atoms with E-state index in [2.05, 4.69) is 17.5 Å². The van der Waals surface area contributed by atoms with Crippen LogP contribution in [0, 0.1) is 0 Å². The van der Waals surface area contributed by atoms with E-state index in [1.807, 2.05) is 19.1 Å². The summed E-state index contributed by atoms with van der Waals surface area (Å²) >= 11 is 0. The van der Waals surface area contributed by atoms with Crippen molar-refractivity contribution in [1.29, 1.82) is 0 Å². The van der Waals surface area contributed by atoms with Crippen molar-refractivity contribution in [2.24, 2.45) is 0 Å². The van der Waals surface area contributed by atoms with Gasteiger partial charge in [-0.1, -0.05) is 18.2 Å². The second-order valence-corrected chi connectivity index (χ2v) is 4.29. The first kappa shape index (κ1) is 11.2. The van der Waals surface area contributed by atoms with Gasteiger partial charge in [0.25, 0.3) is 0 Å². The minimum Gasteiger partial charge on any atom is -0.508 e. The molecule has 0 bridgehead atoms. The van der Waals surface area contributed by atoms with E-state index in [4.69, 9.17) is 0 Å². The molecule has 0 heterocycles. The second-order valence-electron chi connectivity index (χ2n) is 4.29. The standard InChI is InChI=1S/C14H19NO/c1-2-3-4-9-15-14-8-5-11-10-12(16)6-7-13(11)14/h2-3,6-7,10,14-16H,4-5,8-9H2,1H3/b3-2+. The summed E-state index contributed by atoms with van der Waals surface area (Å²) in [6, 6.07) is 6.19. The molecule has 2 nitrogen and oxygen atoms in total. The maximum absolute atomic E-state index is 9.40.